The number of carbonyl (C=O) groups is 2. The second-order valence-electron chi connectivity index (χ2n) is 5.64. The Hall–Kier alpha value is -3.03. The van der Waals surface area contributed by atoms with Crippen molar-refractivity contribution < 1.29 is 27.5 Å². The SMILES string of the molecule is CN(C)C(=O)c1ccc(NC(=O)COc2cccc(C(F)(F)F)c2)cc1. The van der Waals surface area contributed by atoms with Crippen LogP contribution in [0.15, 0.2) is 48.5 Å². The molecule has 0 heterocycles. The van der Waals surface area contributed by atoms with Crippen LogP contribution in [0.3, 0.4) is 0 Å². The molecule has 2 aromatic rings. The minimum atomic E-state index is -4.48. The number of hydrogen-bond donors (Lipinski definition) is 1. The Morgan fingerprint density at radius 1 is 1.08 bits per heavy atom. The van der Waals surface area contributed by atoms with Gasteiger partial charge in [0.1, 0.15) is 5.75 Å². The second kappa shape index (κ2) is 7.90. The zero-order valence-electron chi connectivity index (χ0n) is 14.1. The minimum Gasteiger partial charge on any atom is -0.484 e. The number of carbonyl (C=O) groups excluding carboxylic acids is 2. The van der Waals surface area contributed by atoms with Gasteiger partial charge in [-0.25, -0.2) is 0 Å². The summed E-state index contributed by atoms with van der Waals surface area (Å²) in [4.78, 5) is 25.1. The lowest BCUT2D eigenvalue weighted by molar-refractivity contribution is -0.137. The lowest BCUT2D eigenvalue weighted by Gasteiger charge is -2.12. The molecule has 26 heavy (non-hydrogen) atoms. The molecule has 0 aliphatic heterocycles. The van der Waals surface area contributed by atoms with E-state index < -0.39 is 24.3 Å². The van der Waals surface area contributed by atoms with E-state index >= 15 is 0 Å². The topological polar surface area (TPSA) is 58.6 Å². The number of alkyl halides is 3. The predicted octanol–water partition coefficient (Wildman–Crippen LogP) is 3.42. The normalized spacial score (nSPS) is 11.0. The molecule has 0 bridgehead atoms. The zero-order chi connectivity index (χ0) is 19.3. The molecule has 5 nitrogen and oxygen atoms in total. The molecule has 0 aliphatic carbocycles. The van der Waals surface area contributed by atoms with Crippen LogP contribution in [-0.2, 0) is 11.0 Å². The van der Waals surface area contributed by atoms with Gasteiger partial charge in [0, 0.05) is 25.3 Å². The van der Waals surface area contributed by atoms with Gasteiger partial charge in [-0.3, -0.25) is 9.59 Å². The second-order valence-corrected chi connectivity index (χ2v) is 5.64. The summed E-state index contributed by atoms with van der Waals surface area (Å²) in [5, 5.41) is 2.54. The Morgan fingerprint density at radius 2 is 1.73 bits per heavy atom. The van der Waals surface area contributed by atoms with Crippen molar-refractivity contribution >= 4 is 17.5 Å². The molecule has 0 saturated carbocycles. The molecular formula is C18H17F3N2O3. The molecule has 138 valence electrons. The van der Waals surface area contributed by atoms with Crippen molar-refractivity contribution in [3.63, 3.8) is 0 Å². The molecule has 2 amide bonds. The smallest absolute Gasteiger partial charge is 0.416 e. The Morgan fingerprint density at radius 3 is 2.31 bits per heavy atom. The highest BCUT2D eigenvalue weighted by atomic mass is 19.4. The third kappa shape index (κ3) is 5.23. The van der Waals surface area contributed by atoms with Gasteiger partial charge in [0.2, 0.25) is 0 Å². The quantitative estimate of drug-likeness (QED) is 0.882. The van der Waals surface area contributed by atoms with E-state index in [1.54, 1.807) is 38.4 Å². The summed E-state index contributed by atoms with van der Waals surface area (Å²) in [5.41, 5.74) is 0.0581. The van der Waals surface area contributed by atoms with Crippen LogP contribution in [0.1, 0.15) is 15.9 Å². The fourth-order valence-corrected chi connectivity index (χ4v) is 2.06. The molecular weight excluding hydrogens is 349 g/mol. The fourth-order valence-electron chi connectivity index (χ4n) is 2.06. The number of nitrogens with zero attached hydrogens (tertiary/aromatic N) is 1. The largest absolute Gasteiger partial charge is 0.484 e. The minimum absolute atomic E-state index is 0.0538. The molecule has 2 aromatic carbocycles. The van der Waals surface area contributed by atoms with Gasteiger partial charge in [0.25, 0.3) is 11.8 Å². The lowest BCUT2D eigenvalue weighted by Crippen LogP contribution is -2.22. The summed E-state index contributed by atoms with van der Waals surface area (Å²) in [6.07, 6.45) is -4.48. The van der Waals surface area contributed by atoms with Crippen molar-refractivity contribution in [2.45, 2.75) is 6.18 Å². The molecule has 2 rings (SSSR count). The van der Waals surface area contributed by atoms with Crippen LogP contribution in [0.25, 0.3) is 0 Å². The van der Waals surface area contributed by atoms with Crippen LogP contribution < -0.4 is 10.1 Å². The van der Waals surface area contributed by atoms with E-state index in [0.29, 0.717) is 11.3 Å². The Bertz CT molecular complexity index is 787. The number of anilines is 1. The van der Waals surface area contributed by atoms with Gasteiger partial charge in [0.15, 0.2) is 6.61 Å². The Kier molecular flexibility index (Phi) is 5.86. The average molecular weight is 366 g/mol. The zero-order valence-corrected chi connectivity index (χ0v) is 14.1. The molecule has 0 aromatic heterocycles. The number of amides is 2. The van der Waals surface area contributed by atoms with Crippen LogP contribution >= 0.6 is 0 Å². The van der Waals surface area contributed by atoms with E-state index in [4.69, 9.17) is 4.74 Å². The van der Waals surface area contributed by atoms with Crippen molar-refractivity contribution in [3.8, 4) is 5.75 Å². The molecule has 0 aliphatic rings. The predicted molar refractivity (Wildman–Crippen MR) is 90.0 cm³/mol. The molecule has 0 spiro atoms. The maximum Gasteiger partial charge on any atom is 0.416 e. The number of halogens is 3. The molecule has 0 saturated heterocycles. The van der Waals surface area contributed by atoms with E-state index in [0.717, 1.165) is 12.1 Å². The Balaban J connectivity index is 1.92. The third-order valence-corrected chi connectivity index (χ3v) is 3.35. The van der Waals surface area contributed by atoms with Crippen molar-refractivity contribution in [2.75, 3.05) is 26.0 Å². The number of rotatable bonds is 5. The average Bonchev–Trinajstić information content (AvgIpc) is 2.59. The monoisotopic (exact) mass is 366 g/mol. The van der Waals surface area contributed by atoms with Crippen molar-refractivity contribution in [3.05, 3.63) is 59.7 Å². The highest BCUT2D eigenvalue weighted by Crippen LogP contribution is 2.31. The van der Waals surface area contributed by atoms with Gasteiger partial charge in [0.05, 0.1) is 5.56 Å². The van der Waals surface area contributed by atoms with Crippen molar-refractivity contribution in [1.29, 1.82) is 0 Å². The fraction of sp³-hybridized carbons (Fsp3) is 0.222. The van der Waals surface area contributed by atoms with Gasteiger partial charge < -0.3 is 15.0 Å². The van der Waals surface area contributed by atoms with Crippen LogP contribution in [0, 0.1) is 0 Å². The summed E-state index contributed by atoms with van der Waals surface area (Å²) in [6.45, 7) is -0.445. The summed E-state index contributed by atoms with van der Waals surface area (Å²) >= 11 is 0. The molecule has 0 radical (unpaired) electrons. The maximum atomic E-state index is 12.6. The van der Waals surface area contributed by atoms with E-state index in [9.17, 15) is 22.8 Å². The standard InChI is InChI=1S/C18H17F3N2O3/c1-23(2)17(25)12-6-8-14(9-7-12)22-16(24)11-26-15-5-3-4-13(10-15)18(19,20)21/h3-10H,11H2,1-2H3,(H,22,24). The summed E-state index contributed by atoms with van der Waals surface area (Å²) in [6, 6.07) is 10.5. The molecule has 0 atom stereocenters. The third-order valence-electron chi connectivity index (χ3n) is 3.35. The molecule has 8 heteroatoms. The van der Waals surface area contributed by atoms with Crippen LogP contribution in [-0.4, -0.2) is 37.4 Å². The van der Waals surface area contributed by atoms with Gasteiger partial charge in [-0.2, -0.15) is 13.2 Å². The summed E-state index contributed by atoms with van der Waals surface area (Å²) in [7, 11) is 3.26. The first-order valence-electron chi connectivity index (χ1n) is 7.58. The first-order valence-corrected chi connectivity index (χ1v) is 7.58. The number of nitrogens with one attached hydrogen (secondary N) is 1. The molecule has 1 N–H and O–H groups in total. The van der Waals surface area contributed by atoms with Crippen LogP contribution in [0.5, 0.6) is 5.75 Å². The van der Waals surface area contributed by atoms with Gasteiger partial charge in [-0.05, 0) is 42.5 Å². The van der Waals surface area contributed by atoms with E-state index in [1.807, 2.05) is 0 Å². The lowest BCUT2D eigenvalue weighted by atomic mass is 10.2. The first kappa shape index (κ1) is 19.3. The van der Waals surface area contributed by atoms with E-state index in [1.165, 1.54) is 17.0 Å². The highest BCUT2D eigenvalue weighted by molar-refractivity contribution is 5.95. The van der Waals surface area contributed by atoms with Gasteiger partial charge in [-0.1, -0.05) is 6.07 Å². The first-order chi connectivity index (χ1) is 12.2. The number of benzene rings is 2. The van der Waals surface area contributed by atoms with Gasteiger partial charge >= 0.3 is 6.18 Å². The van der Waals surface area contributed by atoms with Crippen molar-refractivity contribution in [1.82, 2.24) is 4.90 Å². The van der Waals surface area contributed by atoms with E-state index in [-0.39, 0.29) is 11.7 Å². The molecule has 0 fully saturated rings. The number of ether oxygens (including phenoxy) is 1. The number of hydrogen-bond acceptors (Lipinski definition) is 3. The summed E-state index contributed by atoms with van der Waals surface area (Å²) < 4.78 is 43.0. The maximum absolute atomic E-state index is 12.6. The Labute approximate surface area is 148 Å². The van der Waals surface area contributed by atoms with Crippen molar-refractivity contribution in [2.24, 2.45) is 0 Å². The van der Waals surface area contributed by atoms with Crippen LogP contribution in [0.2, 0.25) is 0 Å². The van der Waals surface area contributed by atoms with Crippen LogP contribution in [0.4, 0.5) is 18.9 Å². The van der Waals surface area contributed by atoms with E-state index in [2.05, 4.69) is 5.32 Å². The highest BCUT2D eigenvalue weighted by Gasteiger charge is 2.30. The summed E-state index contributed by atoms with van der Waals surface area (Å²) in [5.74, 6) is -0.758. The van der Waals surface area contributed by atoms with Gasteiger partial charge in [-0.15, -0.1) is 0 Å². The molecule has 0 unspecified atom stereocenters.